The quantitative estimate of drug-likeness (QED) is 0.744. The van der Waals surface area contributed by atoms with E-state index < -0.39 is 0 Å². The lowest BCUT2D eigenvalue weighted by Crippen LogP contribution is -2.39. The number of nitrogens with one attached hydrogen (secondary N) is 1. The average Bonchev–Trinajstić information content (AvgIpc) is 2.75. The summed E-state index contributed by atoms with van der Waals surface area (Å²) in [5.41, 5.74) is 3.47. The van der Waals surface area contributed by atoms with Crippen LogP contribution in [0, 0.1) is 6.92 Å². The Bertz CT molecular complexity index is 773. The third-order valence-corrected chi connectivity index (χ3v) is 5.10. The molecule has 0 saturated carbocycles. The third kappa shape index (κ3) is 6.76. The SMILES string of the molecule is Cc1ccccc1OCCN(C)C(=O)NCc1ccc(CN2CCOCC2)cc1. The highest BCUT2D eigenvalue weighted by atomic mass is 16.5. The molecule has 1 fully saturated rings. The molecule has 29 heavy (non-hydrogen) atoms. The van der Waals surface area contributed by atoms with Gasteiger partial charge in [0.2, 0.25) is 0 Å². The monoisotopic (exact) mass is 397 g/mol. The van der Waals surface area contributed by atoms with Crippen LogP contribution in [0.3, 0.4) is 0 Å². The fraction of sp³-hybridized carbons (Fsp3) is 0.435. The first-order chi connectivity index (χ1) is 14.1. The van der Waals surface area contributed by atoms with Crippen molar-refractivity contribution in [2.75, 3.05) is 46.5 Å². The molecule has 1 saturated heterocycles. The van der Waals surface area contributed by atoms with Gasteiger partial charge in [0.15, 0.2) is 0 Å². The van der Waals surface area contributed by atoms with E-state index in [2.05, 4.69) is 34.5 Å². The molecule has 2 aromatic carbocycles. The zero-order valence-corrected chi connectivity index (χ0v) is 17.4. The van der Waals surface area contributed by atoms with E-state index in [0.717, 1.165) is 49.7 Å². The van der Waals surface area contributed by atoms with Crippen LogP contribution in [0.1, 0.15) is 16.7 Å². The van der Waals surface area contributed by atoms with E-state index in [9.17, 15) is 4.79 Å². The smallest absolute Gasteiger partial charge is 0.317 e. The molecule has 0 unspecified atom stereocenters. The number of morpholine rings is 1. The summed E-state index contributed by atoms with van der Waals surface area (Å²) in [6, 6.07) is 16.2. The highest BCUT2D eigenvalue weighted by Crippen LogP contribution is 2.15. The van der Waals surface area contributed by atoms with Crippen molar-refractivity contribution in [2.24, 2.45) is 0 Å². The first kappa shape index (κ1) is 21.1. The largest absolute Gasteiger partial charge is 0.491 e. The van der Waals surface area contributed by atoms with Crippen molar-refractivity contribution in [1.29, 1.82) is 0 Å². The lowest BCUT2D eigenvalue weighted by molar-refractivity contribution is 0.0342. The van der Waals surface area contributed by atoms with Gasteiger partial charge in [-0.15, -0.1) is 0 Å². The topological polar surface area (TPSA) is 54.0 Å². The second-order valence-corrected chi connectivity index (χ2v) is 7.40. The number of likely N-dealkylation sites (N-methyl/N-ethyl adjacent to an activating group) is 1. The van der Waals surface area contributed by atoms with Crippen LogP contribution < -0.4 is 10.1 Å². The Hall–Kier alpha value is -2.57. The summed E-state index contributed by atoms with van der Waals surface area (Å²) in [6.07, 6.45) is 0. The number of nitrogens with zero attached hydrogens (tertiary/aromatic N) is 2. The van der Waals surface area contributed by atoms with E-state index in [1.54, 1.807) is 11.9 Å². The van der Waals surface area contributed by atoms with E-state index in [1.165, 1.54) is 5.56 Å². The summed E-state index contributed by atoms with van der Waals surface area (Å²) < 4.78 is 11.2. The first-order valence-electron chi connectivity index (χ1n) is 10.2. The van der Waals surface area contributed by atoms with Gasteiger partial charge in [-0.25, -0.2) is 4.79 Å². The lowest BCUT2D eigenvalue weighted by Gasteiger charge is -2.26. The van der Waals surface area contributed by atoms with Crippen LogP contribution in [-0.2, 0) is 17.8 Å². The van der Waals surface area contributed by atoms with E-state index in [4.69, 9.17) is 9.47 Å². The standard InChI is InChI=1S/C23H31N3O3/c1-19-5-3-4-6-22(19)29-16-11-25(2)23(27)24-17-20-7-9-21(10-8-20)18-26-12-14-28-15-13-26/h3-10H,11-18H2,1-2H3,(H,24,27). The molecule has 0 spiro atoms. The number of carbonyl (C=O) groups is 1. The van der Waals surface area contributed by atoms with E-state index >= 15 is 0 Å². The average molecular weight is 398 g/mol. The molecule has 1 aliphatic heterocycles. The molecule has 0 aromatic heterocycles. The van der Waals surface area contributed by atoms with Crippen LogP contribution in [0.2, 0.25) is 0 Å². The minimum absolute atomic E-state index is 0.101. The molecule has 1 aliphatic rings. The Labute approximate surface area is 173 Å². The molecule has 0 atom stereocenters. The van der Waals surface area contributed by atoms with Crippen LogP contribution in [0.15, 0.2) is 48.5 Å². The molecular formula is C23H31N3O3. The Morgan fingerprint density at radius 3 is 2.52 bits per heavy atom. The van der Waals surface area contributed by atoms with Crippen molar-refractivity contribution in [3.8, 4) is 5.75 Å². The van der Waals surface area contributed by atoms with Gasteiger partial charge >= 0.3 is 6.03 Å². The van der Waals surface area contributed by atoms with Gasteiger partial charge in [0, 0.05) is 33.2 Å². The van der Waals surface area contributed by atoms with Gasteiger partial charge in [0.1, 0.15) is 12.4 Å². The van der Waals surface area contributed by atoms with Crippen molar-refractivity contribution in [1.82, 2.24) is 15.1 Å². The van der Waals surface area contributed by atoms with Gasteiger partial charge < -0.3 is 19.7 Å². The maximum absolute atomic E-state index is 12.3. The Kier molecular flexibility index (Phi) is 7.90. The Balaban J connectivity index is 1.37. The number of ether oxygens (including phenoxy) is 2. The molecule has 1 N–H and O–H groups in total. The summed E-state index contributed by atoms with van der Waals surface area (Å²) in [7, 11) is 1.78. The number of rotatable bonds is 8. The second kappa shape index (κ2) is 10.8. The number of benzene rings is 2. The summed E-state index contributed by atoms with van der Waals surface area (Å²) >= 11 is 0. The molecule has 156 valence electrons. The van der Waals surface area contributed by atoms with Crippen molar-refractivity contribution in [3.05, 3.63) is 65.2 Å². The molecule has 0 radical (unpaired) electrons. The Morgan fingerprint density at radius 2 is 1.79 bits per heavy atom. The maximum Gasteiger partial charge on any atom is 0.317 e. The predicted molar refractivity (Wildman–Crippen MR) is 114 cm³/mol. The van der Waals surface area contributed by atoms with Crippen LogP contribution >= 0.6 is 0 Å². The first-order valence-corrected chi connectivity index (χ1v) is 10.2. The fourth-order valence-electron chi connectivity index (χ4n) is 3.21. The summed E-state index contributed by atoms with van der Waals surface area (Å²) in [5, 5.41) is 2.96. The number of aryl methyl sites for hydroxylation is 1. The zero-order chi connectivity index (χ0) is 20.5. The van der Waals surface area contributed by atoms with Crippen molar-refractivity contribution in [2.45, 2.75) is 20.0 Å². The molecule has 0 bridgehead atoms. The highest BCUT2D eigenvalue weighted by Gasteiger charge is 2.11. The Morgan fingerprint density at radius 1 is 1.10 bits per heavy atom. The van der Waals surface area contributed by atoms with Crippen LogP contribution in [0.4, 0.5) is 4.79 Å². The summed E-state index contributed by atoms with van der Waals surface area (Å²) in [6.45, 7) is 8.05. The number of carbonyl (C=O) groups excluding carboxylic acids is 1. The van der Waals surface area contributed by atoms with Crippen LogP contribution in [-0.4, -0.2) is 62.3 Å². The van der Waals surface area contributed by atoms with E-state index in [-0.39, 0.29) is 6.03 Å². The van der Waals surface area contributed by atoms with E-state index in [0.29, 0.717) is 19.7 Å². The van der Waals surface area contributed by atoms with Gasteiger partial charge in [-0.1, -0.05) is 42.5 Å². The molecule has 0 aliphatic carbocycles. The van der Waals surface area contributed by atoms with Crippen molar-refractivity contribution < 1.29 is 14.3 Å². The fourth-order valence-corrected chi connectivity index (χ4v) is 3.21. The maximum atomic E-state index is 12.3. The molecule has 6 heteroatoms. The van der Waals surface area contributed by atoms with Crippen molar-refractivity contribution in [3.63, 3.8) is 0 Å². The molecule has 1 heterocycles. The molecule has 3 rings (SSSR count). The second-order valence-electron chi connectivity index (χ2n) is 7.40. The van der Waals surface area contributed by atoms with Crippen LogP contribution in [0.5, 0.6) is 5.75 Å². The summed E-state index contributed by atoms with van der Waals surface area (Å²) in [4.78, 5) is 16.3. The number of urea groups is 1. The number of hydrogen-bond donors (Lipinski definition) is 1. The molecule has 2 amide bonds. The van der Waals surface area contributed by atoms with Gasteiger partial charge in [-0.3, -0.25) is 4.90 Å². The lowest BCUT2D eigenvalue weighted by atomic mass is 10.1. The van der Waals surface area contributed by atoms with Gasteiger partial charge in [-0.05, 0) is 29.7 Å². The highest BCUT2D eigenvalue weighted by molar-refractivity contribution is 5.73. The number of hydrogen-bond acceptors (Lipinski definition) is 4. The van der Waals surface area contributed by atoms with Gasteiger partial charge in [-0.2, -0.15) is 0 Å². The minimum Gasteiger partial charge on any atom is -0.491 e. The summed E-state index contributed by atoms with van der Waals surface area (Å²) in [5.74, 6) is 0.860. The zero-order valence-electron chi connectivity index (χ0n) is 17.4. The molecule has 2 aromatic rings. The molecule has 6 nitrogen and oxygen atoms in total. The normalized spacial score (nSPS) is 14.4. The van der Waals surface area contributed by atoms with Gasteiger partial charge in [0.25, 0.3) is 0 Å². The number of amides is 2. The minimum atomic E-state index is -0.101. The third-order valence-electron chi connectivity index (χ3n) is 5.10. The predicted octanol–water partition coefficient (Wildman–Crippen LogP) is 3.05. The van der Waals surface area contributed by atoms with Gasteiger partial charge in [0.05, 0.1) is 19.8 Å². The van der Waals surface area contributed by atoms with E-state index in [1.807, 2.05) is 31.2 Å². The number of para-hydroxylation sites is 1. The van der Waals surface area contributed by atoms with Crippen LogP contribution in [0.25, 0.3) is 0 Å². The molecular weight excluding hydrogens is 366 g/mol. The van der Waals surface area contributed by atoms with Crippen molar-refractivity contribution >= 4 is 6.03 Å².